The van der Waals surface area contributed by atoms with E-state index in [0.29, 0.717) is 62.0 Å². The topological polar surface area (TPSA) is 492 Å². The number of carbonyl (C=O) groups excluding carboxylic acids is 4. The van der Waals surface area contributed by atoms with Crippen molar-refractivity contribution in [2.75, 3.05) is 131 Å². The van der Waals surface area contributed by atoms with Crippen LogP contribution in [-0.2, 0) is 64.7 Å². The Bertz CT molecular complexity index is 4030. The third kappa shape index (κ3) is 23.7. The predicted octanol–water partition coefficient (Wildman–Crippen LogP) is 0.651. The lowest BCUT2D eigenvalue weighted by Gasteiger charge is -2.47. The molecule has 3 aliphatic heterocycles. The molecule has 9 rings (SSSR count). The van der Waals surface area contributed by atoms with Crippen LogP contribution in [0.1, 0.15) is 76.9 Å². The third-order valence-corrected chi connectivity index (χ3v) is 19.5. The molecule has 584 valence electrons. The first kappa shape index (κ1) is 82.5. The van der Waals surface area contributed by atoms with Crippen molar-refractivity contribution in [1.29, 1.82) is 5.53 Å². The summed E-state index contributed by atoms with van der Waals surface area (Å²) in [6.45, 7) is 4.75. The molecular weight excluding hydrogens is 1450 g/mol. The van der Waals surface area contributed by atoms with Gasteiger partial charge in [-0.1, -0.05) is 42.0 Å². The van der Waals surface area contributed by atoms with Crippen molar-refractivity contribution in [2.45, 2.75) is 92.2 Å². The van der Waals surface area contributed by atoms with E-state index in [1.165, 1.54) is 78.9 Å². The molecule has 10 atom stereocenters. The number of hydrogen-bond acceptors (Lipinski definition) is 32. The fraction of sp³-hybridized carbons (Fsp3) is 0.486. The van der Waals surface area contributed by atoms with Crippen LogP contribution in [0.2, 0.25) is 0 Å². The van der Waals surface area contributed by atoms with Gasteiger partial charge >= 0.3 is 10.4 Å². The van der Waals surface area contributed by atoms with Crippen LogP contribution < -0.4 is 48.6 Å². The first-order valence-corrected chi connectivity index (χ1v) is 37.1. The molecule has 35 nitrogen and oxygen atoms in total. The monoisotopic (exact) mass is 1540 g/mol. The van der Waals surface area contributed by atoms with Gasteiger partial charge in [0.25, 0.3) is 17.7 Å². The molecule has 1 saturated carbocycles. The Labute approximate surface area is 615 Å². The second-order valence-corrected chi connectivity index (χ2v) is 27.8. The number of nitrogens with one attached hydrogen (secondary N) is 5. The quantitative estimate of drug-likeness (QED) is 0.0145. The predicted molar refractivity (Wildman–Crippen MR) is 371 cm³/mol. The number of fused-ring (bicyclic) bond motifs is 4. The van der Waals surface area contributed by atoms with Crippen LogP contribution in [-0.4, -0.2) is 262 Å². The largest absolute Gasteiger partial charge is 0.501 e. The first-order chi connectivity index (χ1) is 51.5. The van der Waals surface area contributed by atoms with Crippen LogP contribution in [0, 0.1) is 12.5 Å². The summed E-state index contributed by atoms with van der Waals surface area (Å²) in [6.07, 6.45) is -11.1. The highest BCUT2D eigenvalue weighted by molar-refractivity contribution is 7.91. The second kappa shape index (κ2) is 40.6. The average molecular weight is 1540 g/mol. The molecule has 2 fully saturated rings. The van der Waals surface area contributed by atoms with E-state index in [-0.39, 0.29) is 167 Å². The number of aryl methyl sites for hydroxylation is 1. The Hall–Kier alpha value is -8.58. The summed E-state index contributed by atoms with van der Waals surface area (Å²) in [5.74, 6) is -4.48. The van der Waals surface area contributed by atoms with Gasteiger partial charge in [0.05, 0.1) is 134 Å². The van der Waals surface area contributed by atoms with Gasteiger partial charge in [-0.05, 0) is 78.7 Å². The van der Waals surface area contributed by atoms with Crippen molar-refractivity contribution < 1.29 is 137 Å². The SMILES string of the molecule is Cc1ccc(S(=O)(=O)CCC(=O)c2ccc(C(=O)NCCOCCOCCOCCOC/C(=C/NCCOCCOCCOCCNC(=O)c3ccc(O[C@H]4C[C@@H](O)[C@@H](O)[C@@H](CO)O4)c(OS(=O)(=O)Oc4ccc(COc5c6c(cc7c5C(=O)N[C@H]5[C@H](O)[C@H](O)[C@@H](O)[C@H](O)[C@H]75)OCO6)cc4)c3)N=N)cc2)cc1. The van der Waals surface area contributed by atoms with Gasteiger partial charge in [0, 0.05) is 61.3 Å². The zero-order valence-corrected chi connectivity index (χ0v) is 59.9. The van der Waals surface area contributed by atoms with Crippen molar-refractivity contribution in [1.82, 2.24) is 21.3 Å². The maximum Gasteiger partial charge on any atom is 0.501 e. The summed E-state index contributed by atoms with van der Waals surface area (Å²) in [5, 5.41) is 87.5. The number of Topliss-reactive ketones (excluding diaryl/α,β-unsaturated/α-hetero) is 1. The highest BCUT2D eigenvalue weighted by Crippen LogP contribution is 2.51. The third-order valence-electron chi connectivity index (χ3n) is 17.0. The first-order valence-electron chi connectivity index (χ1n) is 34.2. The van der Waals surface area contributed by atoms with Gasteiger partial charge in [-0.3, -0.25) is 19.2 Å². The number of rotatable bonds is 45. The molecular formula is C70H88N6O29S2. The minimum Gasteiger partial charge on any atom is -0.484 e. The van der Waals surface area contributed by atoms with Gasteiger partial charge in [-0.25, -0.2) is 13.9 Å². The van der Waals surface area contributed by atoms with Crippen LogP contribution in [0.25, 0.3) is 0 Å². The molecule has 3 amide bonds. The molecule has 37 heteroatoms. The molecule has 0 bridgehead atoms. The summed E-state index contributed by atoms with van der Waals surface area (Å²) in [5.41, 5.74) is 9.78. The van der Waals surface area contributed by atoms with E-state index < -0.39 is 105 Å². The normalized spacial score (nSPS) is 21.1. The molecule has 1 aliphatic carbocycles. The van der Waals surface area contributed by atoms with E-state index in [0.717, 1.165) is 11.6 Å². The highest BCUT2D eigenvalue weighted by Gasteiger charge is 2.54. The molecule has 4 aliphatic rings. The van der Waals surface area contributed by atoms with Crippen molar-refractivity contribution in [3.05, 3.63) is 148 Å². The smallest absolute Gasteiger partial charge is 0.484 e. The van der Waals surface area contributed by atoms with Crippen LogP contribution in [0.15, 0.2) is 119 Å². The molecule has 3 heterocycles. The fourth-order valence-electron chi connectivity index (χ4n) is 11.4. The summed E-state index contributed by atoms with van der Waals surface area (Å²) in [7, 11) is -8.66. The van der Waals surface area contributed by atoms with Crippen molar-refractivity contribution >= 4 is 43.7 Å². The molecule has 12 N–H and O–H groups in total. The van der Waals surface area contributed by atoms with Crippen molar-refractivity contribution in [3.63, 3.8) is 0 Å². The highest BCUT2D eigenvalue weighted by atomic mass is 32.3. The minimum atomic E-state index is -5.05. The molecule has 107 heavy (non-hydrogen) atoms. The van der Waals surface area contributed by atoms with Crippen LogP contribution in [0.5, 0.6) is 34.5 Å². The van der Waals surface area contributed by atoms with Crippen LogP contribution in [0.4, 0.5) is 0 Å². The molecule has 1 saturated heterocycles. The number of amides is 3. The van der Waals surface area contributed by atoms with E-state index in [1.54, 1.807) is 18.3 Å². The van der Waals surface area contributed by atoms with Crippen LogP contribution in [0.3, 0.4) is 0 Å². The zero-order valence-electron chi connectivity index (χ0n) is 58.2. The standard InChI is InChI=1S/C70H88N6O29S2/c1-42-2-13-49(14-3-42)106(88,89)33-16-51(78)44-6-8-45(9-7-44)68(85)73-18-21-93-25-28-96-29-30-97-31-32-98-40-47(76-71)37-72-17-20-92-23-26-95-27-24-94-22-19-74-69(86)46-10-15-53(102-57-36-52(79)61(80)56(38-77)103-57)54(34-46)105-107(90,91)104-48-11-4-43(5-12-48)39-99-67-59-50(35-55-66(67)101-41-100-55)58-60(75-70(59)87)63(82)65(84)64(83)62(58)81/h2-15,34-35,37,52,56-58,60-65,71-72,77,79-84H,16-33,36,38-41H2,1H3,(H,73,85)(H,74,86)(H,75,87)/b47-37-,76-71?/t52-,56-,57-,58-,60-,61-,62-,63+,64+,65+/m1/s1. The van der Waals surface area contributed by atoms with Crippen molar-refractivity contribution in [3.8, 4) is 34.5 Å². The Morgan fingerprint density at radius 2 is 1.22 bits per heavy atom. The molecule has 0 aromatic heterocycles. The number of ether oxygens (including phenoxy) is 12. The molecule has 5 aromatic rings. The number of hydrogen-bond donors (Lipinski definition) is 12. The minimum absolute atomic E-state index is 0.0195. The number of carbonyl (C=O) groups is 4. The molecule has 0 radical (unpaired) electrons. The van der Waals surface area contributed by atoms with Gasteiger partial charge in [0.15, 0.2) is 38.6 Å². The van der Waals surface area contributed by atoms with Gasteiger partial charge in [0.2, 0.25) is 18.8 Å². The number of aliphatic hydroxyl groups excluding tert-OH is 7. The van der Waals surface area contributed by atoms with E-state index in [2.05, 4.69) is 26.4 Å². The number of sulfone groups is 1. The Morgan fingerprint density at radius 3 is 1.85 bits per heavy atom. The Kier molecular flexibility index (Phi) is 31.3. The van der Waals surface area contributed by atoms with Crippen molar-refractivity contribution in [2.24, 2.45) is 5.11 Å². The maximum atomic E-state index is 13.6. The van der Waals surface area contributed by atoms with Gasteiger partial charge in [-0.15, -0.1) is 8.42 Å². The zero-order chi connectivity index (χ0) is 76.5. The van der Waals surface area contributed by atoms with Gasteiger partial charge in [0.1, 0.15) is 48.6 Å². The van der Waals surface area contributed by atoms with E-state index >= 15 is 0 Å². The average Bonchev–Trinajstić information content (AvgIpc) is 1.66. The molecule has 5 aromatic carbocycles. The Balaban J connectivity index is 0.599. The summed E-state index contributed by atoms with van der Waals surface area (Å²) < 4.78 is 131. The second-order valence-electron chi connectivity index (χ2n) is 24.6. The fourth-order valence-corrected chi connectivity index (χ4v) is 13.3. The lowest BCUT2D eigenvalue weighted by atomic mass is 9.70. The number of aliphatic hydroxyl groups is 7. The Morgan fingerprint density at radius 1 is 0.645 bits per heavy atom. The van der Waals surface area contributed by atoms with Gasteiger partial charge in [-0.2, -0.15) is 5.11 Å². The lowest BCUT2D eigenvalue weighted by Crippen LogP contribution is -2.66. The van der Waals surface area contributed by atoms with E-state index in [4.69, 9.17) is 70.7 Å². The number of ketones is 1. The van der Waals surface area contributed by atoms with Crippen LogP contribution >= 0.6 is 0 Å². The summed E-state index contributed by atoms with van der Waals surface area (Å²) in [6, 6.07) is 21.7. The van der Waals surface area contributed by atoms with E-state index in [9.17, 15) is 71.8 Å². The summed E-state index contributed by atoms with van der Waals surface area (Å²) >= 11 is 0. The number of nitrogens with zero attached hydrogens (tertiary/aromatic N) is 1. The number of benzene rings is 5. The van der Waals surface area contributed by atoms with E-state index in [1.807, 2.05) is 6.92 Å². The van der Waals surface area contributed by atoms with Gasteiger partial charge < -0.3 is 122 Å². The molecule has 0 unspecified atom stereocenters. The molecule has 0 spiro atoms. The maximum absolute atomic E-state index is 13.6. The summed E-state index contributed by atoms with van der Waals surface area (Å²) in [4.78, 5) is 52.3. The lowest BCUT2D eigenvalue weighted by molar-refractivity contribution is -0.230.